The Balaban J connectivity index is 2.41. The average molecular weight is 370 g/mol. The van der Waals surface area contributed by atoms with Crippen LogP contribution in [0.1, 0.15) is 35.0 Å². The van der Waals surface area contributed by atoms with Gasteiger partial charge in [0.15, 0.2) is 0 Å². The Kier molecular flexibility index (Phi) is 5.69. The van der Waals surface area contributed by atoms with E-state index in [4.69, 9.17) is 9.63 Å². The second-order valence-corrected chi connectivity index (χ2v) is 5.66. The minimum absolute atomic E-state index is 0.0412. The fraction of sp³-hybridized carbons (Fsp3) is 0.353. The molecule has 0 saturated carbocycles. The zero-order chi connectivity index (χ0) is 19.5. The number of alkyl halides is 3. The molecule has 0 aliphatic heterocycles. The standard InChI is InChI=1S/C17H17F3N2O4/c1-3-8-22(9-13(23)24)16(25)14-10(2)26-21-15(14)11-4-6-12(7-5-11)17(18,19)20/h4-7H,3,8-9H2,1-2H3,(H,23,24). The summed E-state index contributed by atoms with van der Waals surface area (Å²) >= 11 is 0. The van der Waals surface area contributed by atoms with Crippen LogP contribution in [0.15, 0.2) is 28.8 Å². The van der Waals surface area contributed by atoms with Gasteiger partial charge in [0.25, 0.3) is 5.91 Å². The molecule has 0 aliphatic carbocycles. The Bertz CT molecular complexity index is 797. The van der Waals surface area contributed by atoms with Gasteiger partial charge in [-0.25, -0.2) is 0 Å². The minimum atomic E-state index is -4.48. The van der Waals surface area contributed by atoms with Gasteiger partial charge in [-0.05, 0) is 25.5 Å². The van der Waals surface area contributed by atoms with E-state index in [0.29, 0.717) is 6.42 Å². The van der Waals surface area contributed by atoms with Gasteiger partial charge in [-0.2, -0.15) is 13.2 Å². The van der Waals surface area contributed by atoms with Gasteiger partial charge in [-0.15, -0.1) is 0 Å². The van der Waals surface area contributed by atoms with E-state index < -0.39 is 30.2 Å². The molecule has 9 heteroatoms. The highest BCUT2D eigenvalue weighted by Gasteiger charge is 2.31. The van der Waals surface area contributed by atoms with E-state index in [1.165, 1.54) is 19.1 Å². The fourth-order valence-corrected chi connectivity index (χ4v) is 2.48. The Morgan fingerprint density at radius 2 is 1.85 bits per heavy atom. The lowest BCUT2D eigenvalue weighted by molar-refractivity contribution is -0.138. The number of aryl methyl sites for hydroxylation is 1. The van der Waals surface area contributed by atoms with Crippen LogP contribution in [0.4, 0.5) is 13.2 Å². The molecular formula is C17H17F3N2O4. The SMILES string of the molecule is CCCN(CC(=O)O)C(=O)c1c(-c2ccc(C(F)(F)F)cc2)noc1C. The van der Waals surface area contributed by atoms with Crippen LogP contribution in [-0.2, 0) is 11.0 Å². The zero-order valence-corrected chi connectivity index (χ0v) is 14.1. The Hall–Kier alpha value is -2.84. The van der Waals surface area contributed by atoms with E-state index >= 15 is 0 Å². The topological polar surface area (TPSA) is 83.6 Å². The largest absolute Gasteiger partial charge is 0.480 e. The number of hydrogen-bond acceptors (Lipinski definition) is 4. The molecular weight excluding hydrogens is 353 g/mol. The van der Waals surface area contributed by atoms with E-state index in [0.717, 1.165) is 17.0 Å². The number of aromatic nitrogens is 1. The number of halogens is 3. The van der Waals surface area contributed by atoms with Crippen molar-refractivity contribution in [2.75, 3.05) is 13.1 Å². The van der Waals surface area contributed by atoms with Crippen molar-refractivity contribution in [3.63, 3.8) is 0 Å². The van der Waals surface area contributed by atoms with Gasteiger partial charge in [0.2, 0.25) is 0 Å². The first-order chi connectivity index (χ1) is 12.1. The van der Waals surface area contributed by atoms with Crippen LogP contribution in [0.5, 0.6) is 0 Å². The number of hydrogen-bond donors (Lipinski definition) is 1. The molecule has 1 N–H and O–H groups in total. The summed E-state index contributed by atoms with van der Waals surface area (Å²) in [5.74, 6) is -1.60. The van der Waals surface area contributed by atoms with Gasteiger partial charge in [-0.3, -0.25) is 9.59 Å². The third-order valence-corrected chi connectivity index (χ3v) is 3.67. The summed E-state index contributed by atoms with van der Waals surface area (Å²) < 4.78 is 43.1. The molecule has 0 spiro atoms. The van der Waals surface area contributed by atoms with Gasteiger partial charge in [0.1, 0.15) is 23.6 Å². The van der Waals surface area contributed by atoms with Gasteiger partial charge >= 0.3 is 12.1 Å². The summed E-state index contributed by atoms with van der Waals surface area (Å²) in [7, 11) is 0. The summed E-state index contributed by atoms with van der Waals surface area (Å²) in [6, 6.07) is 4.15. The summed E-state index contributed by atoms with van der Waals surface area (Å²) in [5.41, 5.74) is -0.440. The van der Waals surface area contributed by atoms with Crippen LogP contribution < -0.4 is 0 Å². The monoisotopic (exact) mass is 370 g/mol. The average Bonchev–Trinajstić information content (AvgIpc) is 2.94. The maximum Gasteiger partial charge on any atom is 0.416 e. The number of carboxylic acid groups (broad SMARTS) is 1. The van der Waals surface area contributed by atoms with Gasteiger partial charge in [0, 0.05) is 12.1 Å². The zero-order valence-electron chi connectivity index (χ0n) is 14.1. The third kappa shape index (κ3) is 4.22. The molecule has 1 amide bonds. The van der Waals surface area contributed by atoms with Crippen molar-refractivity contribution in [3.8, 4) is 11.3 Å². The Morgan fingerprint density at radius 3 is 2.35 bits per heavy atom. The predicted molar refractivity (Wildman–Crippen MR) is 85.5 cm³/mol. The lowest BCUT2D eigenvalue weighted by Crippen LogP contribution is -2.36. The first-order valence-corrected chi connectivity index (χ1v) is 7.80. The highest BCUT2D eigenvalue weighted by atomic mass is 19.4. The summed E-state index contributed by atoms with van der Waals surface area (Å²) in [5, 5.41) is 12.7. The van der Waals surface area contributed by atoms with E-state index in [1.54, 1.807) is 6.92 Å². The molecule has 6 nitrogen and oxygen atoms in total. The highest BCUT2D eigenvalue weighted by molar-refractivity contribution is 6.01. The molecule has 0 bridgehead atoms. The van der Waals surface area contributed by atoms with Crippen LogP contribution in [0.25, 0.3) is 11.3 Å². The molecule has 1 aromatic carbocycles. The molecule has 2 rings (SSSR count). The number of amides is 1. The van der Waals surface area contributed by atoms with Crippen molar-refractivity contribution < 1.29 is 32.4 Å². The molecule has 0 fully saturated rings. The summed E-state index contributed by atoms with van der Waals surface area (Å²) in [6.45, 7) is 2.99. The number of carbonyl (C=O) groups excluding carboxylic acids is 1. The molecule has 0 saturated heterocycles. The molecule has 140 valence electrons. The first kappa shape index (κ1) is 19.5. The number of aliphatic carboxylic acids is 1. The second kappa shape index (κ2) is 7.59. The molecule has 0 aliphatic rings. The number of carbonyl (C=O) groups is 2. The van der Waals surface area contributed by atoms with Crippen molar-refractivity contribution in [1.29, 1.82) is 0 Å². The van der Waals surface area contributed by atoms with Crippen LogP contribution >= 0.6 is 0 Å². The number of nitrogens with zero attached hydrogens (tertiary/aromatic N) is 2. The number of benzene rings is 1. The Morgan fingerprint density at radius 1 is 1.23 bits per heavy atom. The minimum Gasteiger partial charge on any atom is -0.480 e. The smallest absolute Gasteiger partial charge is 0.416 e. The number of rotatable bonds is 6. The second-order valence-electron chi connectivity index (χ2n) is 5.66. The number of carboxylic acids is 1. The summed E-state index contributed by atoms with van der Waals surface area (Å²) in [4.78, 5) is 24.9. The molecule has 1 heterocycles. The maximum atomic E-state index is 12.8. The molecule has 26 heavy (non-hydrogen) atoms. The van der Waals surface area contributed by atoms with Crippen LogP contribution in [0.2, 0.25) is 0 Å². The molecule has 0 unspecified atom stereocenters. The van der Waals surface area contributed by atoms with Gasteiger partial charge in [-0.1, -0.05) is 24.2 Å². The highest BCUT2D eigenvalue weighted by Crippen LogP contribution is 2.32. The van der Waals surface area contributed by atoms with E-state index in [9.17, 15) is 22.8 Å². The van der Waals surface area contributed by atoms with E-state index in [2.05, 4.69) is 5.16 Å². The van der Waals surface area contributed by atoms with E-state index in [-0.39, 0.29) is 29.1 Å². The van der Waals surface area contributed by atoms with E-state index in [1.807, 2.05) is 0 Å². The lowest BCUT2D eigenvalue weighted by atomic mass is 10.0. The summed E-state index contributed by atoms with van der Waals surface area (Å²) in [6.07, 6.45) is -3.94. The van der Waals surface area contributed by atoms with Crippen molar-refractivity contribution in [2.45, 2.75) is 26.4 Å². The fourth-order valence-electron chi connectivity index (χ4n) is 2.48. The van der Waals surface area contributed by atoms with Crippen LogP contribution in [-0.4, -0.2) is 40.1 Å². The van der Waals surface area contributed by atoms with Crippen molar-refractivity contribution in [1.82, 2.24) is 10.1 Å². The maximum absolute atomic E-state index is 12.8. The third-order valence-electron chi connectivity index (χ3n) is 3.67. The predicted octanol–water partition coefficient (Wildman–Crippen LogP) is 3.61. The quantitative estimate of drug-likeness (QED) is 0.840. The van der Waals surface area contributed by atoms with Crippen LogP contribution in [0.3, 0.4) is 0 Å². The molecule has 0 atom stereocenters. The Labute approximate surface area is 147 Å². The lowest BCUT2D eigenvalue weighted by Gasteiger charge is -2.20. The molecule has 2 aromatic rings. The van der Waals surface area contributed by atoms with Crippen LogP contribution in [0, 0.1) is 6.92 Å². The van der Waals surface area contributed by atoms with Crippen molar-refractivity contribution in [2.24, 2.45) is 0 Å². The van der Waals surface area contributed by atoms with Gasteiger partial charge < -0.3 is 14.5 Å². The normalized spacial score (nSPS) is 11.4. The van der Waals surface area contributed by atoms with Crippen molar-refractivity contribution in [3.05, 3.63) is 41.2 Å². The van der Waals surface area contributed by atoms with Crippen molar-refractivity contribution >= 4 is 11.9 Å². The first-order valence-electron chi connectivity index (χ1n) is 7.80. The van der Waals surface area contributed by atoms with Gasteiger partial charge in [0.05, 0.1) is 5.56 Å². The molecule has 0 radical (unpaired) electrons. The molecule has 1 aromatic heterocycles.